The van der Waals surface area contributed by atoms with Crippen LogP contribution in [0.15, 0.2) is 10.6 Å². The fourth-order valence-corrected chi connectivity index (χ4v) is 3.41. The van der Waals surface area contributed by atoms with Crippen LogP contribution < -0.4 is 10.6 Å². The summed E-state index contributed by atoms with van der Waals surface area (Å²) in [6.45, 7) is 3.56. The molecule has 2 rings (SSSR count). The lowest BCUT2D eigenvalue weighted by Crippen LogP contribution is -2.43. The minimum atomic E-state index is -0.521. The smallest absolute Gasteiger partial charge is 0.316 e. The van der Waals surface area contributed by atoms with Crippen LogP contribution in [0.2, 0.25) is 0 Å². The van der Waals surface area contributed by atoms with Crippen molar-refractivity contribution < 1.29 is 23.6 Å². The third-order valence-electron chi connectivity index (χ3n) is 4.17. The van der Waals surface area contributed by atoms with Gasteiger partial charge in [0.25, 0.3) is 5.91 Å². The maximum absolute atomic E-state index is 11.9. The second-order valence-electron chi connectivity index (χ2n) is 6.46. The molecule has 0 unspecified atom stereocenters. The molecule has 144 valence electrons. The summed E-state index contributed by atoms with van der Waals surface area (Å²) in [7, 11) is 0. The van der Waals surface area contributed by atoms with Gasteiger partial charge in [0, 0.05) is 12.1 Å². The van der Waals surface area contributed by atoms with Gasteiger partial charge in [0.05, 0.1) is 11.5 Å². The zero-order valence-electron chi connectivity index (χ0n) is 15.1. The van der Waals surface area contributed by atoms with Gasteiger partial charge in [-0.3, -0.25) is 14.4 Å². The minimum absolute atomic E-state index is 0.00161. The normalized spacial score (nSPS) is 19.6. The Kier molecular flexibility index (Phi) is 7.96. The van der Waals surface area contributed by atoms with Gasteiger partial charge in [0.2, 0.25) is 5.91 Å². The standard InChI is InChI=1S/C17H25N3O5S/c1-11-5-3-4-6-13(11)18-15(21)8-24-17(23)10-26-9-16(22)19-14-7-12(2)25-20-14/h7,11,13H,3-6,8-10H2,1-2H3,(H,18,21)(H,19,20,22)/t11-,13-/m0/s1. The Labute approximate surface area is 156 Å². The van der Waals surface area contributed by atoms with Crippen molar-refractivity contribution >= 4 is 35.4 Å². The topological polar surface area (TPSA) is 111 Å². The fourth-order valence-electron chi connectivity index (χ4n) is 2.80. The van der Waals surface area contributed by atoms with Gasteiger partial charge < -0.3 is 19.9 Å². The van der Waals surface area contributed by atoms with Gasteiger partial charge in [-0.2, -0.15) is 0 Å². The molecular formula is C17H25N3O5S. The van der Waals surface area contributed by atoms with E-state index in [9.17, 15) is 14.4 Å². The Morgan fingerprint density at radius 3 is 2.73 bits per heavy atom. The summed E-state index contributed by atoms with van der Waals surface area (Å²) in [6.07, 6.45) is 4.39. The Bertz CT molecular complexity index is 634. The van der Waals surface area contributed by atoms with Crippen LogP contribution in [0.1, 0.15) is 38.4 Å². The maximum Gasteiger partial charge on any atom is 0.316 e. The molecule has 1 saturated carbocycles. The second kappa shape index (κ2) is 10.2. The number of anilines is 1. The maximum atomic E-state index is 11.9. The number of aromatic nitrogens is 1. The number of amides is 2. The van der Waals surface area contributed by atoms with Gasteiger partial charge in [0.15, 0.2) is 12.4 Å². The Morgan fingerprint density at radius 2 is 2.04 bits per heavy atom. The summed E-state index contributed by atoms with van der Waals surface area (Å²) >= 11 is 1.11. The third kappa shape index (κ3) is 7.07. The van der Waals surface area contributed by atoms with E-state index in [1.807, 2.05) is 0 Å². The first-order valence-corrected chi connectivity index (χ1v) is 9.85. The summed E-state index contributed by atoms with van der Waals surface area (Å²) in [4.78, 5) is 35.2. The Morgan fingerprint density at radius 1 is 1.27 bits per heavy atom. The van der Waals surface area contributed by atoms with Crippen LogP contribution in [-0.2, 0) is 19.1 Å². The van der Waals surface area contributed by atoms with Crippen molar-refractivity contribution in [3.05, 3.63) is 11.8 Å². The molecule has 2 amide bonds. The first kappa shape index (κ1) is 20.3. The highest BCUT2D eigenvalue weighted by Gasteiger charge is 2.23. The highest BCUT2D eigenvalue weighted by atomic mass is 32.2. The van der Waals surface area contributed by atoms with E-state index in [0.717, 1.165) is 31.0 Å². The molecule has 1 aliphatic carbocycles. The minimum Gasteiger partial charge on any atom is -0.455 e. The van der Waals surface area contributed by atoms with E-state index in [1.165, 1.54) is 6.42 Å². The Balaban J connectivity index is 1.56. The number of hydrogen-bond acceptors (Lipinski definition) is 7. The average Bonchev–Trinajstić information content (AvgIpc) is 3.00. The van der Waals surface area contributed by atoms with Gasteiger partial charge >= 0.3 is 5.97 Å². The Hall–Kier alpha value is -2.03. The molecule has 9 heteroatoms. The molecule has 1 aromatic rings. The summed E-state index contributed by atoms with van der Waals surface area (Å²) in [6, 6.07) is 1.76. The van der Waals surface area contributed by atoms with Crippen molar-refractivity contribution in [1.29, 1.82) is 0 Å². The van der Waals surface area contributed by atoms with E-state index in [-0.39, 0.29) is 36.0 Å². The van der Waals surface area contributed by atoms with E-state index >= 15 is 0 Å². The molecule has 0 bridgehead atoms. The van der Waals surface area contributed by atoms with E-state index < -0.39 is 5.97 Å². The van der Waals surface area contributed by atoms with Crippen LogP contribution in [0.3, 0.4) is 0 Å². The lowest BCUT2D eigenvalue weighted by atomic mass is 9.86. The number of carbonyl (C=O) groups excluding carboxylic acids is 3. The van der Waals surface area contributed by atoms with Crippen molar-refractivity contribution in [3.63, 3.8) is 0 Å². The zero-order valence-corrected chi connectivity index (χ0v) is 15.9. The summed E-state index contributed by atoms with van der Waals surface area (Å²) < 4.78 is 9.79. The van der Waals surface area contributed by atoms with E-state index in [0.29, 0.717) is 17.5 Å². The lowest BCUT2D eigenvalue weighted by molar-refractivity contribution is -0.146. The number of rotatable bonds is 8. The molecule has 1 aromatic heterocycles. The lowest BCUT2D eigenvalue weighted by Gasteiger charge is -2.29. The second-order valence-corrected chi connectivity index (χ2v) is 7.45. The number of esters is 1. The SMILES string of the molecule is Cc1cc(NC(=O)CSCC(=O)OCC(=O)N[C@H]2CCCC[C@@H]2C)no1. The van der Waals surface area contributed by atoms with Gasteiger partial charge in [-0.25, -0.2) is 0 Å². The number of hydrogen-bond donors (Lipinski definition) is 2. The van der Waals surface area contributed by atoms with E-state index in [2.05, 4.69) is 22.7 Å². The molecule has 0 aliphatic heterocycles. The average molecular weight is 383 g/mol. The zero-order chi connectivity index (χ0) is 18.9. The van der Waals surface area contributed by atoms with Crippen LogP contribution in [0.25, 0.3) is 0 Å². The van der Waals surface area contributed by atoms with Crippen LogP contribution in [0, 0.1) is 12.8 Å². The molecule has 2 atom stereocenters. The van der Waals surface area contributed by atoms with Gasteiger partial charge in [-0.1, -0.05) is 24.9 Å². The van der Waals surface area contributed by atoms with Crippen molar-refractivity contribution in [1.82, 2.24) is 10.5 Å². The van der Waals surface area contributed by atoms with Crippen molar-refractivity contribution in [2.45, 2.75) is 45.6 Å². The van der Waals surface area contributed by atoms with Crippen molar-refractivity contribution in [3.8, 4) is 0 Å². The number of thioether (sulfide) groups is 1. The van der Waals surface area contributed by atoms with Gasteiger partial charge in [0.1, 0.15) is 5.76 Å². The van der Waals surface area contributed by atoms with Crippen LogP contribution >= 0.6 is 11.8 Å². The van der Waals surface area contributed by atoms with Crippen LogP contribution in [0.4, 0.5) is 5.82 Å². The van der Waals surface area contributed by atoms with Gasteiger partial charge in [-0.15, -0.1) is 11.8 Å². The molecule has 1 aliphatic rings. The number of nitrogens with one attached hydrogen (secondary N) is 2. The highest BCUT2D eigenvalue weighted by Crippen LogP contribution is 2.23. The van der Waals surface area contributed by atoms with E-state index in [4.69, 9.17) is 9.26 Å². The molecule has 0 radical (unpaired) electrons. The summed E-state index contributed by atoms with van der Waals surface area (Å²) in [5, 5.41) is 9.13. The summed E-state index contributed by atoms with van der Waals surface area (Å²) in [5.74, 6) is 0.367. The monoisotopic (exact) mass is 383 g/mol. The fraction of sp³-hybridized carbons (Fsp3) is 0.647. The first-order valence-electron chi connectivity index (χ1n) is 8.70. The summed E-state index contributed by atoms with van der Waals surface area (Å²) in [5.41, 5.74) is 0. The highest BCUT2D eigenvalue weighted by molar-refractivity contribution is 8.00. The molecule has 8 nitrogen and oxygen atoms in total. The van der Waals surface area contributed by atoms with Gasteiger partial charge in [-0.05, 0) is 25.7 Å². The van der Waals surface area contributed by atoms with Crippen LogP contribution in [-0.4, -0.2) is 47.1 Å². The van der Waals surface area contributed by atoms with Crippen molar-refractivity contribution in [2.75, 3.05) is 23.4 Å². The first-order chi connectivity index (χ1) is 12.4. The predicted molar refractivity (Wildman–Crippen MR) is 97.7 cm³/mol. The number of ether oxygens (including phenoxy) is 1. The molecule has 1 heterocycles. The predicted octanol–water partition coefficient (Wildman–Crippen LogP) is 1.89. The van der Waals surface area contributed by atoms with Crippen LogP contribution in [0.5, 0.6) is 0 Å². The largest absolute Gasteiger partial charge is 0.455 e. The molecule has 0 spiro atoms. The molecular weight excluding hydrogens is 358 g/mol. The molecule has 0 saturated heterocycles. The number of aryl methyl sites for hydroxylation is 1. The quantitative estimate of drug-likeness (QED) is 0.660. The number of carbonyl (C=O) groups is 3. The van der Waals surface area contributed by atoms with E-state index in [1.54, 1.807) is 13.0 Å². The molecule has 2 N–H and O–H groups in total. The van der Waals surface area contributed by atoms with Crippen molar-refractivity contribution in [2.24, 2.45) is 5.92 Å². The third-order valence-corrected chi connectivity index (χ3v) is 5.08. The molecule has 26 heavy (non-hydrogen) atoms. The molecule has 1 fully saturated rings. The molecule has 0 aromatic carbocycles. The number of nitrogens with zero attached hydrogens (tertiary/aromatic N) is 1.